The minimum absolute atomic E-state index is 0.0155. The van der Waals surface area contributed by atoms with Gasteiger partial charge in [0, 0.05) is 52.2 Å². The molecule has 14 heteroatoms. The lowest BCUT2D eigenvalue weighted by molar-refractivity contribution is -0.254. The second-order valence-corrected chi connectivity index (χ2v) is 21.2. The Morgan fingerprint density at radius 1 is 0.440 bits per heavy atom. The predicted molar refractivity (Wildman–Crippen MR) is 288 cm³/mol. The fourth-order valence-corrected chi connectivity index (χ4v) is 11.6. The third kappa shape index (κ3) is 10.7. The van der Waals surface area contributed by atoms with Crippen LogP contribution in [0.3, 0.4) is 0 Å². The Bertz CT molecular complexity index is 3150. The molecule has 0 aliphatic heterocycles. The molecule has 0 atom stereocenters. The molecule has 75 heavy (non-hydrogen) atoms. The smallest absolute Gasteiger partial charge is 0.380 e. The Morgan fingerprint density at radius 2 is 0.773 bits per heavy atom. The molecule has 0 spiro atoms. The van der Waals surface area contributed by atoms with Gasteiger partial charge in [0.2, 0.25) is 0 Å². The highest BCUT2D eigenvalue weighted by atomic mass is 32.1. The first kappa shape index (κ1) is 52.9. The van der Waals surface area contributed by atoms with Gasteiger partial charge in [-0.3, -0.25) is 0 Å². The number of esters is 2. The number of halogens is 6. The normalized spacial score (nSPS) is 14.6. The largest absolute Gasteiger partial charge is 0.494 e. The first-order valence-corrected chi connectivity index (χ1v) is 26.7. The molecule has 0 saturated heterocycles. The second-order valence-electron chi connectivity index (χ2n) is 18.7. The van der Waals surface area contributed by atoms with E-state index in [1.807, 2.05) is 48.5 Å². The minimum atomic E-state index is -5.82. The molecular formula is C61H54F6O6S2. The minimum Gasteiger partial charge on any atom is -0.494 e. The molecule has 0 unspecified atom stereocenters. The molecule has 0 N–H and O–H groups in total. The van der Waals surface area contributed by atoms with E-state index < -0.39 is 52.0 Å². The molecule has 9 rings (SSSR count). The van der Waals surface area contributed by atoms with Gasteiger partial charge in [-0.05, 0) is 122 Å². The van der Waals surface area contributed by atoms with Gasteiger partial charge in [-0.25, -0.2) is 9.59 Å². The van der Waals surface area contributed by atoms with Crippen LogP contribution in [0, 0.1) is 13.8 Å². The van der Waals surface area contributed by atoms with Crippen LogP contribution in [0.5, 0.6) is 23.0 Å². The number of allylic oxidation sites excluding steroid dienone is 2. The maximum atomic E-state index is 16.4. The van der Waals surface area contributed by atoms with E-state index in [-0.39, 0.29) is 52.6 Å². The fraction of sp³-hybridized carbons (Fsp3) is 0.279. The van der Waals surface area contributed by atoms with E-state index in [4.69, 9.17) is 18.9 Å². The average molecular weight is 1060 g/mol. The Balaban J connectivity index is 0.935. The number of carbonyl (C=O) groups is 2. The number of fused-ring (bicyclic) bond motifs is 2. The van der Waals surface area contributed by atoms with Crippen LogP contribution in [0.2, 0.25) is 0 Å². The molecule has 6 aromatic carbocycles. The zero-order valence-electron chi connectivity index (χ0n) is 41.8. The first-order valence-electron chi connectivity index (χ1n) is 25.1. The lowest BCUT2D eigenvalue weighted by Gasteiger charge is -2.26. The van der Waals surface area contributed by atoms with Gasteiger partial charge in [-0.2, -0.15) is 26.3 Å². The summed E-state index contributed by atoms with van der Waals surface area (Å²) in [5.41, 5.74) is -0.318. The summed E-state index contributed by atoms with van der Waals surface area (Å²) in [6, 6.07) is 36.9. The third-order valence-electron chi connectivity index (χ3n) is 13.4. The van der Waals surface area contributed by atoms with Gasteiger partial charge in [0.1, 0.15) is 23.0 Å². The summed E-state index contributed by atoms with van der Waals surface area (Å²) < 4.78 is 120. The van der Waals surface area contributed by atoms with Crippen molar-refractivity contribution in [1.82, 2.24) is 0 Å². The Hall–Kier alpha value is -6.90. The highest BCUT2D eigenvalue weighted by molar-refractivity contribution is 7.19. The standard InChI is InChI=1S/C61H54F6O6S2/c1-5-7-9-11-33-70-45-23-13-39(14-24-45)41-17-27-47(28-18-41)72-57(68)43-21-31-49-51(35-43)74-37(3)53(49)55-56(60(64,65)61(66,67)59(55,62)63)54-38(4)75-52-36-44(22-32-50(52)54)58(69)73-48-29-19-42(20-30-48)40-15-25-46(26-16-40)71-34-12-10-8-6-2/h13-32,35-36H,5-12,33-34H2,1-4H3. The van der Waals surface area contributed by atoms with Crippen molar-refractivity contribution >= 4 is 65.9 Å². The van der Waals surface area contributed by atoms with E-state index in [0.717, 1.165) is 95.0 Å². The summed E-state index contributed by atoms with van der Waals surface area (Å²) in [7, 11) is 0. The molecular weight excluding hydrogens is 1010 g/mol. The van der Waals surface area contributed by atoms with Gasteiger partial charge >= 0.3 is 29.7 Å². The molecule has 0 radical (unpaired) electrons. The topological polar surface area (TPSA) is 71.1 Å². The number of carbonyl (C=O) groups excluding carboxylic acids is 2. The molecule has 1 aliphatic carbocycles. The van der Waals surface area contributed by atoms with Crippen molar-refractivity contribution in [3.05, 3.63) is 165 Å². The van der Waals surface area contributed by atoms with Crippen LogP contribution in [0.4, 0.5) is 26.3 Å². The molecule has 388 valence electrons. The predicted octanol–water partition coefficient (Wildman–Crippen LogP) is 18.3. The maximum absolute atomic E-state index is 16.4. The zero-order valence-corrected chi connectivity index (χ0v) is 43.4. The van der Waals surface area contributed by atoms with E-state index >= 15 is 26.3 Å². The number of alkyl halides is 6. The van der Waals surface area contributed by atoms with Crippen molar-refractivity contribution < 1.29 is 54.9 Å². The lowest BCUT2D eigenvalue weighted by atomic mass is 9.91. The van der Waals surface area contributed by atoms with E-state index in [0.29, 0.717) is 13.2 Å². The van der Waals surface area contributed by atoms with Crippen molar-refractivity contribution in [3.8, 4) is 45.3 Å². The average Bonchev–Trinajstić information content (AvgIpc) is 3.94. The molecule has 2 heterocycles. The summed E-state index contributed by atoms with van der Waals surface area (Å²) in [6.45, 7) is 8.39. The molecule has 0 amide bonds. The van der Waals surface area contributed by atoms with Gasteiger partial charge in [0.05, 0.1) is 24.3 Å². The van der Waals surface area contributed by atoms with Crippen LogP contribution in [-0.2, 0) is 0 Å². The van der Waals surface area contributed by atoms with Crippen molar-refractivity contribution in [2.75, 3.05) is 13.2 Å². The number of rotatable bonds is 20. The molecule has 1 aliphatic rings. The van der Waals surface area contributed by atoms with Gasteiger partial charge in [0.25, 0.3) is 0 Å². The summed E-state index contributed by atoms with van der Waals surface area (Å²) in [6.07, 6.45) is 8.87. The van der Waals surface area contributed by atoms with Gasteiger partial charge in [-0.15, -0.1) is 22.7 Å². The SMILES string of the molecule is CCCCCCOc1ccc(-c2ccc(OC(=O)c3ccc4c(C5=C(c6c(C)sc7cc(C(=O)Oc8ccc(-c9ccc(OCCCCCC)cc9)cc8)ccc67)C(F)(F)C(F)(F)C5(F)F)c(C)sc4c3)cc2)cc1. The quantitative estimate of drug-likeness (QED) is 0.0328. The van der Waals surface area contributed by atoms with E-state index in [1.165, 1.54) is 63.1 Å². The van der Waals surface area contributed by atoms with Crippen LogP contribution in [0.25, 0.3) is 53.6 Å². The maximum Gasteiger partial charge on any atom is 0.380 e. The van der Waals surface area contributed by atoms with Crippen LogP contribution in [0.15, 0.2) is 133 Å². The van der Waals surface area contributed by atoms with Crippen LogP contribution >= 0.6 is 22.7 Å². The number of hydrogen-bond donors (Lipinski definition) is 0. The zero-order chi connectivity index (χ0) is 53.1. The van der Waals surface area contributed by atoms with Gasteiger partial charge in [0.15, 0.2) is 0 Å². The van der Waals surface area contributed by atoms with Crippen molar-refractivity contribution in [3.63, 3.8) is 0 Å². The second kappa shape index (κ2) is 22.1. The Labute approximate surface area is 439 Å². The monoisotopic (exact) mass is 1060 g/mol. The summed E-state index contributed by atoms with van der Waals surface area (Å²) in [5.74, 6) is -16.0. The number of hydrogen-bond acceptors (Lipinski definition) is 8. The number of benzene rings is 6. The van der Waals surface area contributed by atoms with E-state index in [9.17, 15) is 9.59 Å². The van der Waals surface area contributed by atoms with Gasteiger partial charge in [-0.1, -0.05) is 113 Å². The number of unbranched alkanes of at least 4 members (excludes halogenated alkanes) is 6. The fourth-order valence-electron chi connectivity index (χ4n) is 9.39. The Morgan fingerprint density at radius 3 is 1.11 bits per heavy atom. The van der Waals surface area contributed by atoms with Crippen LogP contribution < -0.4 is 18.9 Å². The summed E-state index contributed by atoms with van der Waals surface area (Å²) in [4.78, 5) is 27.0. The summed E-state index contributed by atoms with van der Waals surface area (Å²) in [5, 5.41) is -0.0310. The first-order chi connectivity index (χ1) is 36.0. The van der Waals surface area contributed by atoms with Crippen molar-refractivity contribution in [2.45, 2.75) is 96.8 Å². The van der Waals surface area contributed by atoms with Crippen LogP contribution in [0.1, 0.15) is 107 Å². The highest BCUT2D eigenvalue weighted by Crippen LogP contribution is 2.67. The molecule has 0 fully saturated rings. The van der Waals surface area contributed by atoms with Crippen LogP contribution in [-0.4, -0.2) is 42.9 Å². The number of ether oxygens (including phenoxy) is 4. The van der Waals surface area contributed by atoms with Crippen molar-refractivity contribution in [1.29, 1.82) is 0 Å². The molecule has 8 aromatic rings. The molecule has 0 bridgehead atoms. The van der Waals surface area contributed by atoms with E-state index in [2.05, 4.69) is 13.8 Å². The molecule has 0 saturated carbocycles. The molecule has 6 nitrogen and oxygen atoms in total. The Kier molecular flexibility index (Phi) is 15.6. The summed E-state index contributed by atoms with van der Waals surface area (Å²) >= 11 is 1.80. The highest BCUT2D eigenvalue weighted by Gasteiger charge is 2.80. The van der Waals surface area contributed by atoms with Gasteiger partial charge < -0.3 is 18.9 Å². The molecule has 2 aromatic heterocycles. The number of thiophene rings is 2. The van der Waals surface area contributed by atoms with E-state index in [1.54, 1.807) is 48.5 Å². The lowest BCUT2D eigenvalue weighted by Crippen LogP contribution is -2.48. The number of aryl methyl sites for hydroxylation is 2. The van der Waals surface area contributed by atoms with Crippen molar-refractivity contribution in [2.24, 2.45) is 0 Å². The third-order valence-corrected chi connectivity index (χ3v) is 15.5.